The topological polar surface area (TPSA) is 76.3 Å². The summed E-state index contributed by atoms with van der Waals surface area (Å²) in [6.45, 7) is 4.75. The third-order valence-electron chi connectivity index (χ3n) is 5.29. The quantitative estimate of drug-likeness (QED) is 0.636. The van der Waals surface area contributed by atoms with Gasteiger partial charge in [0.25, 0.3) is 5.56 Å². The predicted molar refractivity (Wildman–Crippen MR) is 114 cm³/mol. The lowest BCUT2D eigenvalue weighted by atomic mass is 10.2. The summed E-state index contributed by atoms with van der Waals surface area (Å²) in [6.07, 6.45) is 0.232. The molecule has 0 saturated heterocycles. The van der Waals surface area contributed by atoms with Crippen LogP contribution in [0.1, 0.15) is 23.4 Å². The fraction of sp³-hybridized carbons (Fsp3) is 0.429. The van der Waals surface area contributed by atoms with E-state index in [2.05, 4.69) is 10.1 Å². The Labute approximate surface area is 170 Å². The van der Waals surface area contributed by atoms with E-state index in [1.54, 1.807) is 35.5 Å². The minimum absolute atomic E-state index is 0.0214. The van der Waals surface area contributed by atoms with Crippen molar-refractivity contribution in [1.29, 1.82) is 0 Å². The smallest absolute Gasteiger partial charge is 0.293 e. The number of carbonyl (C=O) groups excluding carboxylic acids is 1. The second kappa shape index (κ2) is 8.06. The molecule has 0 aliphatic heterocycles. The minimum Gasteiger partial charge on any atom is -0.358 e. The van der Waals surface area contributed by atoms with Crippen LogP contribution < -0.4 is 10.5 Å². The van der Waals surface area contributed by atoms with Crippen LogP contribution in [0.3, 0.4) is 0 Å². The van der Waals surface area contributed by atoms with Crippen LogP contribution in [0.4, 0.5) is 5.82 Å². The summed E-state index contributed by atoms with van der Waals surface area (Å²) in [5, 5.41) is 4.41. The fourth-order valence-corrected chi connectivity index (χ4v) is 3.46. The molecule has 3 aromatic rings. The largest absolute Gasteiger partial charge is 0.358 e. The Morgan fingerprint density at radius 1 is 1.14 bits per heavy atom. The number of amides is 1. The number of hydrogen-bond acceptors (Lipinski definition) is 5. The van der Waals surface area contributed by atoms with Crippen LogP contribution in [0.15, 0.2) is 29.1 Å². The van der Waals surface area contributed by atoms with Gasteiger partial charge in [0.2, 0.25) is 5.91 Å². The second-order valence-corrected chi connectivity index (χ2v) is 7.55. The van der Waals surface area contributed by atoms with Gasteiger partial charge in [0.15, 0.2) is 5.82 Å². The van der Waals surface area contributed by atoms with Crippen molar-refractivity contribution in [2.75, 3.05) is 26.0 Å². The number of anilines is 1. The molecule has 0 atom stereocenters. The lowest BCUT2D eigenvalue weighted by molar-refractivity contribution is -0.130. The van der Waals surface area contributed by atoms with Gasteiger partial charge in [-0.15, -0.1) is 0 Å². The number of fused-ring (bicyclic) bond motifs is 1. The zero-order valence-corrected chi connectivity index (χ0v) is 17.9. The van der Waals surface area contributed by atoms with Crippen molar-refractivity contribution in [1.82, 2.24) is 24.2 Å². The summed E-state index contributed by atoms with van der Waals surface area (Å²) in [4.78, 5) is 33.5. The van der Waals surface area contributed by atoms with Gasteiger partial charge in [-0.1, -0.05) is 12.1 Å². The Bertz CT molecular complexity index is 1110. The molecule has 0 fully saturated rings. The lowest BCUT2D eigenvalue weighted by Crippen LogP contribution is -2.32. The van der Waals surface area contributed by atoms with E-state index in [9.17, 15) is 9.59 Å². The minimum atomic E-state index is -0.192. The maximum atomic E-state index is 12.9. The lowest BCUT2D eigenvalue weighted by Gasteiger charge is -2.19. The first-order valence-electron chi connectivity index (χ1n) is 9.60. The Morgan fingerprint density at radius 2 is 1.83 bits per heavy atom. The summed E-state index contributed by atoms with van der Waals surface area (Å²) in [5.74, 6) is 0.345. The number of nitrogens with zero attached hydrogens (tertiary/aromatic N) is 6. The molecule has 0 saturated carbocycles. The normalized spacial score (nSPS) is 11.1. The second-order valence-electron chi connectivity index (χ2n) is 7.55. The maximum Gasteiger partial charge on any atom is 0.293 e. The van der Waals surface area contributed by atoms with Gasteiger partial charge >= 0.3 is 0 Å². The molecule has 154 valence electrons. The van der Waals surface area contributed by atoms with E-state index in [-0.39, 0.29) is 17.9 Å². The molecule has 0 N–H and O–H groups in total. The summed E-state index contributed by atoms with van der Waals surface area (Å²) in [6, 6.07) is 7.50. The highest BCUT2D eigenvalue weighted by Gasteiger charge is 2.17. The molecule has 1 aromatic carbocycles. The van der Waals surface area contributed by atoms with Crippen molar-refractivity contribution in [3.63, 3.8) is 0 Å². The number of hydrogen-bond donors (Lipinski definition) is 0. The van der Waals surface area contributed by atoms with Gasteiger partial charge in [-0.25, -0.2) is 4.98 Å². The van der Waals surface area contributed by atoms with Gasteiger partial charge in [-0.3, -0.25) is 14.3 Å². The number of benzene rings is 1. The predicted octanol–water partition coefficient (Wildman–Crippen LogP) is 1.86. The van der Waals surface area contributed by atoms with Crippen LogP contribution in [0.25, 0.3) is 11.0 Å². The van der Waals surface area contributed by atoms with Gasteiger partial charge in [-0.05, 0) is 26.0 Å². The molecule has 8 nitrogen and oxygen atoms in total. The molecule has 0 aliphatic rings. The average molecular weight is 396 g/mol. The van der Waals surface area contributed by atoms with Gasteiger partial charge in [0, 0.05) is 59.0 Å². The highest BCUT2D eigenvalue weighted by Crippen LogP contribution is 2.16. The van der Waals surface area contributed by atoms with Gasteiger partial charge < -0.3 is 14.4 Å². The van der Waals surface area contributed by atoms with Crippen molar-refractivity contribution >= 4 is 22.8 Å². The van der Waals surface area contributed by atoms with E-state index in [0.29, 0.717) is 18.9 Å². The average Bonchev–Trinajstić information content (AvgIpc) is 2.92. The zero-order chi connectivity index (χ0) is 21.3. The molecule has 0 radical (unpaired) electrons. The van der Waals surface area contributed by atoms with E-state index in [4.69, 9.17) is 0 Å². The Kier molecular flexibility index (Phi) is 5.72. The van der Waals surface area contributed by atoms with Gasteiger partial charge in [-0.2, -0.15) is 5.10 Å². The summed E-state index contributed by atoms with van der Waals surface area (Å²) in [5.41, 5.74) is 4.31. The van der Waals surface area contributed by atoms with Crippen LogP contribution in [-0.4, -0.2) is 51.3 Å². The van der Waals surface area contributed by atoms with Crippen molar-refractivity contribution in [3.8, 4) is 0 Å². The van der Waals surface area contributed by atoms with Crippen molar-refractivity contribution in [3.05, 3.63) is 51.6 Å². The first kappa shape index (κ1) is 20.6. The van der Waals surface area contributed by atoms with E-state index in [1.807, 2.05) is 49.8 Å². The molecule has 0 aliphatic carbocycles. The first-order valence-corrected chi connectivity index (χ1v) is 9.60. The van der Waals surface area contributed by atoms with Crippen LogP contribution >= 0.6 is 0 Å². The van der Waals surface area contributed by atoms with E-state index < -0.39 is 0 Å². The van der Waals surface area contributed by atoms with Crippen molar-refractivity contribution < 1.29 is 4.79 Å². The van der Waals surface area contributed by atoms with E-state index in [1.165, 1.54) is 0 Å². The first-order chi connectivity index (χ1) is 13.7. The molecule has 1 amide bonds. The summed E-state index contributed by atoms with van der Waals surface area (Å²) >= 11 is 0. The molecular weight excluding hydrogens is 368 g/mol. The molecule has 0 unspecified atom stereocenters. The van der Waals surface area contributed by atoms with Crippen LogP contribution in [-0.2, 0) is 24.9 Å². The Hall–Kier alpha value is -3.16. The number of para-hydroxylation sites is 2. The monoisotopic (exact) mass is 396 g/mol. The maximum absolute atomic E-state index is 12.9. The number of aromatic nitrogens is 4. The fourth-order valence-electron chi connectivity index (χ4n) is 3.46. The van der Waals surface area contributed by atoms with E-state index >= 15 is 0 Å². The Balaban J connectivity index is 1.82. The van der Waals surface area contributed by atoms with Gasteiger partial charge in [0.05, 0.1) is 16.7 Å². The molecule has 0 bridgehead atoms. The Morgan fingerprint density at radius 3 is 2.45 bits per heavy atom. The third-order valence-corrected chi connectivity index (χ3v) is 5.29. The number of rotatable bonds is 6. The SMILES string of the molecule is Cc1nn(C)c(C)c1CN(C)C(=O)CCn1c(=O)c(N(C)C)nc2ccccc21. The van der Waals surface area contributed by atoms with Gasteiger partial charge in [0.1, 0.15) is 0 Å². The zero-order valence-electron chi connectivity index (χ0n) is 17.9. The molecular formula is C21H28N6O2. The molecule has 0 spiro atoms. The van der Waals surface area contributed by atoms with Crippen LogP contribution in [0, 0.1) is 13.8 Å². The summed E-state index contributed by atoms with van der Waals surface area (Å²) in [7, 11) is 7.27. The molecule has 2 aromatic heterocycles. The molecule has 8 heteroatoms. The number of carbonyl (C=O) groups is 1. The van der Waals surface area contributed by atoms with Crippen molar-refractivity contribution in [2.24, 2.45) is 7.05 Å². The highest BCUT2D eigenvalue weighted by molar-refractivity contribution is 5.78. The summed E-state index contributed by atoms with van der Waals surface area (Å²) < 4.78 is 3.47. The van der Waals surface area contributed by atoms with Crippen molar-refractivity contribution in [2.45, 2.75) is 33.4 Å². The van der Waals surface area contributed by atoms with Crippen LogP contribution in [0.2, 0.25) is 0 Å². The molecule has 3 rings (SSSR count). The number of aryl methyl sites for hydroxylation is 3. The highest BCUT2D eigenvalue weighted by atomic mass is 16.2. The molecule has 2 heterocycles. The standard InChI is InChI=1S/C21H28N6O2/c1-14-16(15(2)26(6)23-14)13-25(5)19(28)11-12-27-18-10-8-7-9-17(18)22-20(21(27)29)24(3)4/h7-10H,11-13H2,1-6H3. The third kappa shape index (κ3) is 4.01. The molecule has 29 heavy (non-hydrogen) atoms. The van der Waals surface area contributed by atoms with Crippen LogP contribution in [0.5, 0.6) is 0 Å². The van der Waals surface area contributed by atoms with E-state index in [0.717, 1.165) is 28.0 Å².